The summed E-state index contributed by atoms with van der Waals surface area (Å²) in [5.41, 5.74) is 1.08. The first-order valence-corrected chi connectivity index (χ1v) is 10.5. The van der Waals surface area contributed by atoms with Crippen LogP contribution in [-0.2, 0) is 4.79 Å². The Balaban J connectivity index is 1.17. The molecule has 3 aliphatic carbocycles. The zero-order valence-corrected chi connectivity index (χ0v) is 17.2. The Labute approximate surface area is 180 Å². The van der Waals surface area contributed by atoms with Crippen LogP contribution in [0, 0.1) is 17.2 Å². The Morgan fingerprint density at radius 2 is 1.58 bits per heavy atom. The molecule has 0 radical (unpaired) electrons. The van der Waals surface area contributed by atoms with Crippen LogP contribution < -0.4 is 16.0 Å². The van der Waals surface area contributed by atoms with E-state index >= 15 is 0 Å². The molecule has 3 aromatic rings. The summed E-state index contributed by atoms with van der Waals surface area (Å²) >= 11 is 0. The van der Waals surface area contributed by atoms with Crippen molar-refractivity contribution < 1.29 is 14.0 Å². The first kappa shape index (κ1) is 19.5. The van der Waals surface area contributed by atoms with Crippen molar-refractivity contribution in [3.8, 4) is 0 Å². The van der Waals surface area contributed by atoms with Crippen molar-refractivity contribution in [3.05, 3.63) is 72.5 Å². The number of benzene rings is 3. The van der Waals surface area contributed by atoms with E-state index < -0.39 is 0 Å². The van der Waals surface area contributed by atoms with E-state index in [2.05, 4.69) is 16.0 Å². The molecule has 0 spiro atoms. The lowest BCUT2D eigenvalue weighted by Gasteiger charge is -2.72. The molecule has 3 amide bonds. The van der Waals surface area contributed by atoms with E-state index in [1.54, 1.807) is 12.1 Å². The second-order valence-corrected chi connectivity index (χ2v) is 9.00. The maximum atomic E-state index is 13.1. The number of anilines is 2. The third kappa shape index (κ3) is 3.42. The number of nitrogens with one attached hydrogen (secondary N) is 3. The fourth-order valence-electron chi connectivity index (χ4n) is 5.25. The molecule has 5 nitrogen and oxygen atoms in total. The summed E-state index contributed by atoms with van der Waals surface area (Å²) in [5.74, 6) is -0.581. The molecule has 3 aliphatic rings. The average molecular weight is 417 g/mol. The summed E-state index contributed by atoms with van der Waals surface area (Å²) in [5, 5.41) is 11.0. The predicted molar refractivity (Wildman–Crippen MR) is 119 cm³/mol. The summed E-state index contributed by atoms with van der Waals surface area (Å²) in [4.78, 5) is 25.3. The molecule has 0 unspecified atom stereocenters. The molecule has 1 atom stereocenters. The largest absolute Gasteiger partial charge is 0.332 e. The minimum Gasteiger partial charge on any atom is -0.332 e. The van der Waals surface area contributed by atoms with Gasteiger partial charge in [0.2, 0.25) is 5.91 Å². The van der Waals surface area contributed by atoms with E-state index in [0.29, 0.717) is 5.69 Å². The van der Waals surface area contributed by atoms with Crippen molar-refractivity contribution in [1.82, 2.24) is 5.32 Å². The molecule has 0 saturated heterocycles. The molecule has 3 saturated carbocycles. The van der Waals surface area contributed by atoms with Crippen LogP contribution in [0.3, 0.4) is 0 Å². The van der Waals surface area contributed by atoms with Gasteiger partial charge in [0.1, 0.15) is 5.82 Å². The van der Waals surface area contributed by atoms with E-state index in [1.165, 1.54) is 12.1 Å². The molecule has 0 aromatic heterocycles. The summed E-state index contributed by atoms with van der Waals surface area (Å²) in [6.45, 7) is 1.93. The van der Waals surface area contributed by atoms with E-state index in [1.807, 2.05) is 49.4 Å². The highest BCUT2D eigenvalue weighted by Gasteiger charge is 2.71. The Bertz CT molecular complexity index is 1150. The van der Waals surface area contributed by atoms with Crippen molar-refractivity contribution in [3.63, 3.8) is 0 Å². The third-order valence-corrected chi connectivity index (χ3v) is 6.91. The van der Waals surface area contributed by atoms with Crippen LogP contribution in [0.15, 0.2) is 66.7 Å². The molecule has 6 heteroatoms. The first-order chi connectivity index (χ1) is 14.9. The van der Waals surface area contributed by atoms with E-state index in [0.717, 1.165) is 35.7 Å². The van der Waals surface area contributed by atoms with Crippen molar-refractivity contribution in [1.29, 1.82) is 0 Å². The molecule has 3 N–H and O–H groups in total. The SMILES string of the molecule is C[C@H](C(=O)Nc1ccc(F)cc1)C12CC(NC(=O)Nc3cccc4ccccc34)(C1)C2. The van der Waals surface area contributed by atoms with E-state index in [-0.39, 0.29) is 34.6 Å². The highest BCUT2D eigenvalue weighted by molar-refractivity contribution is 6.02. The maximum Gasteiger partial charge on any atom is 0.319 e. The van der Waals surface area contributed by atoms with Crippen molar-refractivity contribution in [2.75, 3.05) is 10.6 Å². The normalized spacial score (nSPS) is 24.5. The monoisotopic (exact) mass is 417 g/mol. The standard InChI is InChI=1S/C25H24FN3O2/c1-16(22(30)27-19-11-9-18(26)10-12-19)24-13-25(14-24,15-24)29-23(31)28-21-8-4-6-17-5-2-3-7-20(17)21/h2-12,16H,13-15H2,1H3,(H,27,30)(H2,28,29,31)/t16-,24?,25?/m1/s1. The van der Waals surface area contributed by atoms with Gasteiger partial charge in [-0.05, 0) is 60.4 Å². The second kappa shape index (κ2) is 7.08. The molecule has 31 heavy (non-hydrogen) atoms. The molecule has 2 bridgehead atoms. The molecule has 0 aliphatic heterocycles. The Morgan fingerprint density at radius 1 is 0.903 bits per heavy atom. The van der Waals surface area contributed by atoms with Gasteiger partial charge >= 0.3 is 6.03 Å². The Kier molecular flexibility index (Phi) is 4.46. The van der Waals surface area contributed by atoms with Crippen LogP contribution in [0.2, 0.25) is 0 Å². The van der Waals surface area contributed by atoms with E-state index in [4.69, 9.17) is 0 Å². The molecule has 158 valence electrons. The van der Waals surface area contributed by atoms with Gasteiger partial charge in [0.25, 0.3) is 0 Å². The van der Waals surface area contributed by atoms with Crippen LogP contribution in [0.5, 0.6) is 0 Å². The summed E-state index contributed by atoms with van der Waals surface area (Å²) in [7, 11) is 0. The summed E-state index contributed by atoms with van der Waals surface area (Å²) < 4.78 is 13.1. The van der Waals surface area contributed by atoms with Crippen LogP contribution in [0.4, 0.5) is 20.6 Å². The van der Waals surface area contributed by atoms with Crippen LogP contribution in [0.1, 0.15) is 26.2 Å². The number of halogens is 1. The van der Waals surface area contributed by atoms with Gasteiger partial charge in [-0.1, -0.05) is 43.3 Å². The lowest BCUT2D eigenvalue weighted by Crippen LogP contribution is -2.77. The molecule has 0 heterocycles. The van der Waals surface area contributed by atoms with Gasteiger partial charge in [0.15, 0.2) is 0 Å². The zero-order valence-electron chi connectivity index (χ0n) is 17.2. The maximum absolute atomic E-state index is 13.1. The fraction of sp³-hybridized carbons (Fsp3) is 0.280. The number of urea groups is 1. The van der Waals surface area contributed by atoms with Crippen molar-refractivity contribution in [2.24, 2.45) is 11.3 Å². The van der Waals surface area contributed by atoms with Gasteiger partial charge in [-0.2, -0.15) is 0 Å². The van der Waals surface area contributed by atoms with Crippen LogP contribution in [-0.4, -0.2) is 17.5 Å². The van der Waals surface area contributed by atoms with Gasteiger partial charge in [0.05, 0.1) is 5.69 Å². The van der Waals surface area contributed by atoms with Gasteiger partial charge in [0, 0.05) is 22.5 Å². The average Bonchev–Trinajstić information content (AvgIpc) is 2.71. The number of hydrogen-bond donors (Lipinski definition) is 3. The second-order valence-electron chi connectivity index (χ2n) is 9.00. The number of amides is 3. The lowest BCUT2D eigenvalue weighted by atomic mass is 9.36. The number of hydrogen-bond acceptors (Lipinski definition) is 2. The van der Waals surface area contributed by atoms with Crippen LogP contribution >= 0.6 is 0 Å². The summed E-state index contributed by atoms with van der Waals surface area (Å²) in [6.07, 6.45) is 2.38. The molecule has 6 rings (SSSR count). The van der Waals surface area contributed by atoms with E-state index in [9.17, 15) is 14.0 Å². The number of fused-ring (bicyclic) bond motifs is 1. The minimum atomic E-state index is -0.333. The van der Waals surface area contributed by atoms with Gasteiger partial charge in [-0.15, -0.1) is 0 Å². The zero-order chi connectivity index (χ0) is 21.6. The Morgan fingerprint density at radius 3 is 2.32 bits per heavy atom. The van der Waals surface area contributed by atoms with Gasteiger partial charge in [-0.25, -0.2) is 9.18 Å². The number of carbonyl (C=O) groups excluding carboxylic acids is 2. The van der Waals surface area contributed by atoms with Gasteiger partial charge in [-0.3, -0.25) is 4.79 Å². The highest BCUT2D eigenvalue weighted by atomic mass is 19.1. The lowest BCUT2D eigenvalue weighted by molar-refractivity contribution is -0.183. The van der Waals surface area contributed by atoms with Crippen molar-refractivity contribution >= 4 is 34.1 Å². The fourth-order valence-corrected chi connectivity index (χ4v) is 5.25. The molecular weight excluding hydrogens is 393 g/mol. The molecular formula is C25H24FN3O2. The van der Waals surface area contributed by atoms with Crippen molar-refractivity contribution in [2.45, 2.75) is 31.7 Å². The topological polar surface area (TPSA) is 70.2 Å². The number of rotatable bonds is 5. The minimum absolute atomic E-state index is 0.0693. The summed E-state index contributed by atoms with van der Waals surface area (Å²) in [6, 6.07) is 19.3. The Hall–Kier alpha value is -3.41. The molecule has 3 fully saturated rings. The molecule has 3 aromatic carbocycles. The predicted octanol–water partition coefficient (Wildman–Crippen LogP) is 5.30. The highest BCUT2D eigenvalue weighted by Crippen LogP contribution is 2.70. The van der Waals surface area contributed by atoms with Crippen LogP contribution in [0.25, 0.3) is 10.8 Å². The first-order valence-electron chi connectivity index (χ1n) is 10.5. The smallest absolute Gasteiger partial charge is 0.319 e. The quantitative estimate of drug-likeness (QED) is 0.527. The third-order valence-electron chi connectivity index (χ3n) is 6.91. The van der Waals surface area contributed by atoms with Gasteiger partial charge < -0.3 is 16.0 Å². The number of carbonyl (C=O) groups is 2.